The Bertz CT molecular complexity index is 626. The quantitative estimate of drug-likeness (QED) is 0.938. The van der Waals surface area contributed by atoms with Gasteiger partial charge in [-0.05, 0) is 30.9 Å². The Morgan fingerprint density at radius 1 is 1.29 bits per heavy atom. The van der Waals surface area contributed by atoms with Gasteiger partial charge in [-0.25, -0.2) is 4.98 Å². The molecule has 1 amide bonds. The third kappa shape index (κ3) is 3.26. The van der Waals surface area contributed by atoms with Gasteiger partial charge in [-0.3, -0.25) is 4.79 Å². The number of amides is 1. The van der Waals surface area contributed by atoms with Crippen LogP contribution >= 0.6 is 0 Å². The summed E-state index contributed by atoms with van der Waals surface area (Å²) in [5.74, 6) is 1.65. The van der Waals surface area contributed by atoms with Crippen LogP contribution in [0.1, 0.15) is 44.3 Å². The number of carbonyl (C=O) groups is 1. The van der Waals surface area contributed by atoms with Gasteiger partial charge >= 0.3 is 0 Å². The predicted octanol–water partition coefficient (Wildman–Crippen LogP) is 3.16. The summed E-state index contributed by atoms with van der Waals surface area (Å²) in [6.07, 6.45) is 6.98. The first kappa shape index (κ1) is 14.1. The molecule has 0 bridgehead atoms. The zero-order valence-corrected chi connectivity index (χ0v) is 12.6. The third-order valence-corrected chi connectivity index (χ3v) is 4.52. The number of imidazole rings is 1. The zero-order valence-electron chi connectivity index (χ0n) is 12.6. The van der Waals surface area contributed by atoms with E-state index >= 15 is 0 Å². The zero-order chi connectivity index (χ0) is 14.7. The number of benzene rings is 1. The van der Waals surface area contributed by atoms with Crippen LogP contribution in [0.5, 0.6) is 0 Å². The number of carbonyl (C=O) groups excluding carboxylic acids is 1. The van der Waals surface area contributed by atoms with Crippen molar-refractivity contribution in [2.24, 2.45) is 13.0 Å². The molecule has 0 atom stereocenters. The Hall–Kier alpha value is -1.84. The molecule has 0 aliphatic heterocycles. The highest BCUT2D eigenvalue weighted by Crippen LogP contribution is 2.26. The van der Waals surface area contributed by atoms with Crippen molar-refractivity contribution in [2.75, 3.05) is 0 Å². The molecule has 112 valence electrons. The second-order valence-electron chi connectivity index (χ2n) is 6.06. The number of hydrogen-bond acceptors (Lipinski definition) is 2. The van der Waals surface area contributed by atoms with E-state index in [-0.39, 0.29) is 5.91 Å². The molecule has 1 aromatic carbocycles. The lowest BCUT2D eigenvalue weighted by molar-refractivity contribution is -0.122. The molecule has 1 heterocycles. The Morgan fingerprint density at radius 3 is 2.81 bits per heavy atom. The molecule has 1 saturated carbocycles. The van der Waals surface area contributed by atoms with Crippen molar-refractivity contribution in [1.82, 2.24) is 14.9 Å². The van der Waals surface area contributed by atoms with Gasteiger partial charge in [-0.15, -0.1) is 0 Å². The van der Waals surface area contributed by atoms with Crippen molar-refractivity contribution in [3.63, 3.8) is 0 Å². The van der Waals surface area contributed by atoms with Gasteiger partial charge in [0.25, 0.3) is 0 Å². The fraction of sp³-hybridized carbons (Fsp3) is 0.529. The molecule has 0 saturated heterocycles. The van der Waals surface area contributed by atoms with Crippen LogP contribution in [0.3, 0.4) is 0 Å². The SMILES string of the molecule is Cn1c(CNC(=O)CC2CCCCC2)nc2ccccc21. The normalized spacial score (nSPS) is 16.2. The second kappa shape index (κ2) is 6.29. The first-order valence-electron chi connectivity index (χ1n) is 7.91. The molecule has 3 rings (SSSR count). The number of aromatic nitrogens is 2. The van der Waals surface area contributed by atoms with Crippen molar-refractivity contribution in [2.45, 2.75) is 45.1 Å². The molecule has 0 spiro atoms. The van der Waals surface area contributed by atoms with Crippen LogP contribution in [0.15, 0.2) is 24.3 Å². The molecule has 0 unspecified atom stereocenters. The summed E-state index contributed by atoms with van der Waals surface area (Å²) in [6, 6.07) is 8.05. The van der Waals surface area contributed by atoms with Crippen LogP contribution in [0, 0.1) is 5.92 Å². The van der Waals surface area contributed by atoms with Crippen LogP contribution in [-0.2, 0) is 18.4 Å². The molecule has 21 heavy (non-hydrogen) atoms. The lowest BCUT2D eigenvalue weighted by atomic mass is 9.87. The smallest absolute Gasteiger partial charge is 0.220 e. The van der Waals surface area contributed by atoms with E-state index in [2.05, 4.69) is 20.9 Å². The molecule has 1 aliphatic rings. The maximum atomic E-state index is 12.1. The van der Waals surface area contributed by atoms with Crippen molar-refractivity contribution in [3.05, 3.63) is 30.1 Å². The maximum absolute atomic E-state index is 12.1. The van der Waals surface area contributed by atoms with Gasteiger partial charge < -0.3 is 9.88 Å². The molecule has 1 aliphatic carbocycles. The largest absolute Gasteiger partial charge is 0.349 e. The fourth-order valence-electron chi connectivity index (χ4n) is 3.26. The van der Waals surface area contributed by atoms with Crippen LogP contribution in [0.2, 0.25) is 0 Å². The highest BCUT2D eigenvalue weighted by molar-refractivity contribution is 5.77. The van der Waals surface area contributed by atoms with Crippen LogP contribution in [0.25, 0.3) is 11.0 Å². The summed E-state index contributed by atoms with van der Waals surface area (Å²) in [7, 11) is 2.00. The Balaban J connectivity index is 1.58. The van der Waals surface area contributed by atoms with E-state index in [1.54, 1.807) is 0 Å². The predicted molar refractivity (Wildman–Crippen MR) is 83.8 cm³/mol. The van der Waals surface area contributed by atoms with Crippen LogP contribution in [0.4, 0.5) is 0 Å². The number of nitrogens with one attached hydrogen (secondary N) is 1. The topological polar surface area (TPSA) is 46.9 Å². The van der Waals surface area contributed by atoms with E-state index < -0.39 is 0 Å². The van der Waals surface area contributed by atoms with Crippen molar-refractivity contribution in [1.29, 1.82) is 0 Å². The van der Waals surface area contributed by atoms with E-state index in [0.717, 1.165) is 16.9 Å². The Kier molecular flexibility index (Phi) is 4.23. The highest BCUT2D eigenvalue weighted by atomic mass is 16.1. The monoisotopic (exact) mass is 285 g/mol. The number of hydrogen-bond donors (Lipinski definition) is 1. The lowest BCUT2D eigenvalue weighted by Gasteiger charge is -2.20. The summed E-state index contributed by atoms with van der Waals surface area (Å²) in [6.45, 7) is 0.511. The van der Waals surface area contributed by atoms with E-state index in [1.807, 2.05) is 25.2 Å². The molecular weight excluding hydrogens is 262 g/mol. The summed E-state index contributed by atoms with van der Waals surface area (Å²) >= 11 is 0. The van der Waals surface area contributed by atoms with Gasteiger partial charge in [-0.2, -0.15) is 0 Å². The van der Waals surface area contributed by atoms with Gasteiger partial charge in [0.15, 0.2) is 0 Å². The minimum Gasteiger partial charge on any atom is -0.349 e. The minimum absolute atomic E-state index is 0.161. The molecule has 0 radical (unpaired) electrons. The lowest BCUT2D eigenvalue weighted by Crippen LogP contribution is -2.27. The summed E-state index contributed by atoms with van der Waals surface area (Å²) < 4.78 is 2.05. The van der Waals surface area contributed by atoms with Crippen molar-refractivity contribution in [3.8, 4) is 0 Å². The number of nitrogens with zero attached hydrogens (tertiary/aromatic N) is 2. The van der Waals surface area contributed by atoms with E-state index in [0.29, 0.717) is 18.9 Å². The maximum Gasteiger partial charge on any atom is 0.220 e. The standard InChI is InChI=1S/C17H23N3O/c1-20-15-10-6-5-9-14(15)19-16(20)12-18-17(21)11-13-7-3-2-4-8-13/h5-6,9-10,13H,2-4,7-8,11-12H2,1H3,(H,18,21). The highest BCUT2D eigenvalue weighted by Gasteiger charge is 2.17. The molecule has 1 N–H and O–H groups in total. The van der Waals surface area contributed by atoms with E-state index in [9.17, 15) is 4.79 Å². The number of fused-ring (bicyclic) bond motifs is 1. The van der Waals surface area contributed by atoms with Gasteiger partial charge in [0.05, 0.1) is 17.6 Å². The van der Waals surface area contributed by atoms with Gasteiger partial charge in [0, 0.05) is 13.5 Å². The third-order valence-electron chi connectivity index (χ3n) is 4.52. The minimum atomic E-state index is 0.161. The summed E-state index contributed by atoms with van der Waals surface area (Å²) in [5, 5.41) is 3.03. The molecule has 2 aromatic rings. The number of aryl methyl sites for hydroxylation is 1. The molecule has 1 aromatic heterocycles. The average molecular weight is 285 g/mol. The van der Waals surface area contributed by atoms with E-state index in [1.165, 1.54) is 32.1 Å². The summed E-state index contributed by atoms with van der Waals surface area (Å²) in [5.41, 5.74) is 2.09. The average Bonchev–Trinajstić information content (AvgIpc) is 2.83. The molecule has 1 fully saturated rings. The Labute approximate surface area is 125 Å². The van der Waals surface area contributed by atoms with Gasteiger partial charge in [0.2, 0.25) is 5.91 Å². The fourth-order valence-corrected chi connectivity index (χ4v) is 3.26. The molecular formula is C17H23N3O. The number of rotatable bonds is 4. The van der Waals surface area contributed by atoms with Crippen LogP contribution in [-0.4, -0.2) is 15.5 Å². The Morgan fingerprint density at radius 2 is 2.05 bits per heavy atom. The van der Waals surface area contributed by atoms with Gasteiger partial charge in [-0.1, -0.05) is 31.4 Å². The molecule has 4 nitrogen and oxygen atoms in total. The second-order valence-corrected chi connectivity index (χ2v) is 6.06. The molecule has 4 heteroatoms. The first-order valence-corrected chi connectivity index (χ1v) is 7.91. The first-order chi connectivity index (χ1) is 10.2. The van der Waals surface area contributed by atoms with Gasteiger partial charge in [0.1, 0.15) is 5.82 Å². The van der Waals surface area contributed by atoms with E-state index in [4.69, 9.17) is 0 Å². The van der Waals surface area contributed by atoms with Crippen LogP contribution < -0.4 is 5.32 Å². The summed E-state index contributed by atoms with van der Waals surface area (Å²) in [4.78, 5) is 16.6. The van der Waals surface area contributed by atoms with Crippen molar-refractivity contribution < 1.29 is 4.79 Å². The van der Waals surface area contributed by atoms with Crippen molar-refractivity contribution >= 4 is 16.9 Å². The number of para-hydroxylation sites is 2.